The second-order valence-electron chi connectivity index (χ2n) is 9.60. The Morgan fingerprint density at radius 1 is 1.22 bits per heavy atom. The zero-order valence-electron chi connectivity index (χ0n) is 17.7. The highest BCUT2D eigenvalue weighted by atomic mass is 32.2. The molecule has 7 nitrogen and oxygen atoms in total. The molecule has 1 amide bonds. The van der Waals surface area contributed by atoms with E-state index in [4.69, 9.17) is 4.74 Å². The summed E-state index contributed by atoms with van der Waals surface area (Å²) in [7, 11) is -3.84. The summed E-state index contributed by atoms with van der Waals surface area (Å²) in [6.07, 6.45) is 3.74. The number of carbonyl (C=O) groups excluding carboxylic acids is 1. The van der Waals surface area contributed by atoms with Crippen LogP contribution in [-0.4, -0.2) is 60.3 Å². The molecule has 2 saturated carbocycles. The maximum absolute atomic E-state index is 14.0. The average molecular weight is 478 g/mol. The van der Waals surface area contributed by atoms with Gasteiger partial charge in [-0.1, -0.05) is 12.1 Å². The van der Waals surface area contributed by atoms with E-state index < -0.39 is 15.8 Å². The monoisotopic (exact) mass is 477 g/mol. The molecule has 2 aromatic rings. The van der Waals surface area contributed by atoms with E-state index in [1.807, 2.05) is 11.8 Å². The van der Waals surface area contributed by atoms with Gasteiger partial charge in [-0.25, -0.2) is 17.8 Å². The highest BCUT2D eigenvalue weighted by molar-refractivity contribution is 7.89. The van der Waals surface area contributed by atoms with Gasteiger partial charge in [-0.2, -0.15) is 4.31 Å². The molecule has 32 heavy (non-hydrogen) atoms. The molecule has 1 aromatic carbocycles. The number of amides is 1. The topological polar surface area (TPSA) is 79.8 Å². The number of thiazole rings is 1. The van der Waals surface area contributed by atoms with Crippen molar-refractivity contribution in [2.45, 2.75) is 55.5 Å². The Bertz CT molecular complexity index is 1200. The molecule has 0 radical (unpaired) electrons. The lowest BCUT2D eigenvalue weighted by atomic mass is 9.61. The Hall–Kier alpha value is -2.04. The molecule has 1 saturated heterocycles. The molecule has 3 heterocycles. The van der Waals surface area contributed by atoms with Crippen molar-refractivity contribution in [3.05, 3.63) is 40.0 Å². The highest BCUT2D eigenvalue weighted by Gasteiger charge is 2.58. The third-order valence-electron chi connectivity index (χ3n) is 7.11. The van der Waals surface area contributed by atoms with Gasteiger partial charge in [0.1, 0.15) is 22.3 Å². The van der Waals surface area contributed by atoms with Crippen LogP contribution in [-0.2, 0) is 10.0 Å². The van der Waals surface area contributed by atoms with Crippen molar-refractivity contribution in [1.82, 2.24) is 14.2 Å². The summed E-state index contributed by atoms with van der Waals surface area (Å²) in [6, 6.07) is 5.46. The first kappa shape index (κ1) is 20.6. The number of ether oxygens (including phenoxy) is 1. The van der Waals surface area contributed by atoms with Crippen LogP contribution in [0.3, 0.4) is 0 Å². The molecule has 1 spiro atoms. The van der Waals surface area contributed by atoms with Crippen LogP contribution in [0.1, 0.15) is 53.2 Å². The molecule has 10 heteroatoms. The fourth-order valence-electron chi connectivity index (χ4n) is 5.24. The minimum atomic E-state index is -3.84. The van der Waals surface area contributed by atoms with Crippen molar-refractivity contribution in [3.8, 4) is 5.88 Å². The van der Waals surface area contributed by atoms with E-state index in [1.54, 1.807) is 0 Å². The fraction of sp³-hybridized carbons (Fsp3) is 0.545. The molecule has 4 aliphatic rings. The predicted molar refractivity (Wildman–Crippen MR) is 116 cm³/mol. The number of carbonyl (C=O) groups is 1. The second-order valence-corrected chi connectivity index (χ2v) is 12.5. The number of nitrogens with zero attached hydrogens (tertiary/aromatic N) is 3. The van der Waals surface area contributed by atoms with Gasteiger partial charge >= 0.3 is 0 Å². The van der Waals surface area contributed by atoms with Crippen molar-refractivity contribution < 1.29 is 22.3 Å². The smallest absolute Gasteiger partial charge is 0.270 e. The number of hydrogen-bond donors (Lipinski definition) is 0. The lowest BCUT2D eigenvalue weighted by molar-refractivity contribution is -0.0755. The van der Waals surface area contributed by atoms with Crippen LogP contribution in [0.15, 0.2) is 29.2 Å². The van der Waals surface area contributed by atoms with E-state index in [1.165, 1.54) is 39.9 Å². The maximum Gasteiger partial charge on any atom is 0.270 e. The van der Waals surface area contributed by atoms with Gasteiger partial charge in [0, 0.05) is 30.5 Å². The van der Waals surface area contributed by atoms with Crippen LogP contribution in [0.4, 0.5) is 4.39 Å². The first-order valence-electron chi connectivity index (χ1n) is 11.0. The number of aromatic nitrogens is 1. The van der Waals surface area contributed by atoms with Gasteiger partial charge in [0.25, 0.3) is 5.91 Å². The Kier molecular flexibility index (Phi) is 4.48. The molecule has 6 rings (SSSR count). The normalized spacial score (nSPS) is 25.6. The Morgan fingerprint density at radius 3 is 2.62 bits per heavy atom. The van der Waals surface area contributed by atoms with Gasteiger partial charge in [-0.15, -0.1) is 11.3 Å². The summed E-state index contributed by atoms with van der Waals surface area (Å²) in [4.78, 5) is 20.2. The van der Waals surface area contributed by atoms with Crippen LogP contribution in [0.2, 0.25) is 0 Å². The summed E-state index contributed by atoms with van der Waals surface area (Å²) in [5.41, 5.74) is -0.133. The number of fused-ring (bicyclic) bond motifs is 1. The van der Waals surface area contributed by atoms with Gasteiger partial charge < -0.3 is 9.64 Å². The van der Waals surface area contributed by atoms with Crippen molar-refractivity contribution in [2.24, 2.45) is 5.41 Å². The first-order valence-corrected chi connectivity index (χ1v) is 13.2. The Balaban J connectivity index is 1.15. The van der Waals surface area contributed by atoms with E-state index in [-0.39, 0.29) is 28.3 Å². The quantitative estimate of drug-likeness (QED) is 0.676. The third kappa shape index (κ3) is 3.10. The number of sulfonamides is 1. The SMILES string of the molecule is C[C@@H]1COc2nc(C3CC3)sc2C(=O)N1C1CC2(C1)CN(S(=O)(=O)c1ccccc1F)C2. The molecule has 1 atom stereocenters. The van der Waals surface area contributed by atoms with Crippen LogP contribution in [0.25, 0.3) is 0 Å². The van der Waals surface area contributed by atoms with Crippen LogP contribution in [0.5, 0.6) is 5.88 Å². The Labute approximate surface area is 190 Å². The lowest BCUT2D eigenvalue weighted by Crippen LogP contribution is -2.68. The molecule has 2 aliphatic heterocycles. The summed E-state index contributed by atoms with van der Waals surface area (Å²) in [5.74, 6) is 0.189. The van der Waals surface area contributed by atoms with E-state index in [0.717, 1.165) is 30.7 Å². The van der Waals surface area contributed by atoms with Crippen molar-refractivity contribution >= 4 is 27.3 Å². The van der Waals surface area contributed by atoms with Gasteiger partial charge in [-0.05, 0) is 44.7 Å². The molecular formula is C22H24FN3O4S2. The van der Waals surface area contributed by atoms with Crippen molar-refractivity contribution in [1.29, 1.82) is 0 Å². The summed E-state index contributed by atoms with van der Waals surface area (Å²) in [6.45, 7) is 3.12. The largest absolute Gasteiger partial charge is 0.474 e. The van der Waals surface area contributed by atoms with E-state index >= 15 is 0 Å². The van der Waals surface area contributed by atoms with E-state index in [9.17, 15) is 17.6 Å². The van der Waals surface area contributed by atoms with Gasteiger partial charge in [0.15, 0.2) is 4.88 Å². The van der Waals surface area contributed by atoms with Gasteiger partial charge in [0.05, 0.1) is 6.04 Å². The number of rotatable bonds is 4. The fourth-order valence-corrected chi connectivity index (χ4v) is 8.10. The van der Waals surface area contributed by atoms with Crippen molar-refractivity contribution in [3.63, 3.8) is 0 Å². The highest BCUT2D eigenvalue weighted by Crippen LogP contribution is 2.53. The van der Waals surface area contributed by atoms with Crippen LogP contribution < -0.4 is 4.74 Å². The van der Waals surface area contributed by atoms with E-state index in [2.05, 4.69) is 4.98 Å². The zero-order valence-corrected chi connectivity index (χ0v) is 19.3. The standard InChI is InChI=1S/C22H24FN3O4S2/c1-13-10-30-19-18(31-20(24-19)14-6-7-14)21(27)26(13)15-8-22(9-15)11-25(12-22)32(28,29)17-5-3-2-4-16(17)23/h2-5,13-15H,6-12H2,1H3/t13-/m1/s1. The predicted octanol–water partition coefficient (Wildman–Crippen LogP) is 3.24. The number of benzene rings is 1. The second kappa shape index (κ2) is 6.98. The molecular weight excluding hydrogens is 453 g/mol. The zero-order chi connectivity index (χ0) is 22.3. The summed E-state index contributed by atoms with van der Waals surface area (Å²) >= 11 is 1.46. The van der Waals surface area contributed by atoms with Gasteiger partial charge in [0.2, 0.25) is 15.9 Å². The molecule has 0 unspecified atom stereocenters. The minimum absolute atomic E-state index is 0.0237. The van der Waals surface area contributed by atoms with Crippen LogP contribution >= 0.6 is 11.3 Å². The number of halogens is 1. The molecule has 1 aromatic heterocycles. The Morgan fingerprint density at radius 2 is 1.94 bits per heavy atom. The summed E-state index contributed by atoms with van der Waals surface area (Å²) < 4.78 is 46.8. The average Bonchev–Trinajstić information content (AvgIpc) is 3.47. The first-order chi connectivity index (χ1) is 15.3. The lowest BCUT2D eigenvalue weighted by Gasteiger charge is -2.60. The molecule has 170 valence electrons. The minimum Gasteiger partial charge on any atom is -0.474 e. The van der Waals surface area contributed by atoms with E-state index in [0.29, 0.717) is 36.4 Å². The molecule has 0 bridgehead atoms. The number of hydrogen-bond acceptors (Lipinski definition) is 6. The molecule has 3 fully saturated rings. The van der Waals surface area contributed by atoms with Crippen molar-refractivity contribution in [2.75, 3.05) is 19.7 Å². The maximum atomic E-state index is 14.0. The molecule has 2 aliphatic carbocycles. The third-order valence-corrected chi connectivity index (χ3v) is 10.1. The summed E-state index contributed by atoms with van der Waals surface area (Å²) in [5, 5.41) is 0.996. The molecule has 0 N–H and O–H groups in total. The van der Waals surface area contributed by atoms with Gasteiger partial charge in [-0.3, -0.25) is 4.79 Å². The van der Waals surface area contributed by atoms with Crippen LogP contribution in [0, 0.1) is 11.2 Å².